The van der Waals surface area contributed by atoms with Crippen LogP contribution in [0.3, 0.4) is 0 Å². The maximum absolute atomic E-state index is 13.7. The minimum atomic E-state index is -1.32. The van der Waals surface area contributed by atoms with Gasteiger partial charge in [-0.05, 0) is 56.3 Å². The Balaban J connectivity index is 1.96. The summed E-state index contributed by atoms with van der Waals surface area (Å²) in [5.41, 5.74) is -1.24. The van der Waals surface area contributed by atoms with Crippen LogP contribution in [0.4, 0.5) is 4.39 Å². The molecule has 26 heavy (non-hydrogen) atoms. The maximum Gasteiger partial charge on any atom is 0.350 e. The third-order valence-corrected chi connectivity index (χ3v) is 3.74. The van der Waals surface area contributed by atoms with Gasteiger partial charge in [0.05, 0.1) is 7.11 Å². The third-order valence-electron chi connectivity index (χ3n) is 3.49. The van der Waals surface area contributed by atoms with Gasteiger partial charge in [-0.25, -0.2) is 9.18 Å². The van der Waals surface area contributed by atoms with Crippen LogP contribution >= 0.6 is 11.6 Å². The lowest BCUT2D eigenvalue weighted by Gasteiger charge is -2.24. The van der Waals surface area contributed by atoms with Crippen molar-refractivity contribution >= 4 is 23.4 Å². The summed E-state index contributed by atoms with van der Waals surface area (Å²) in [6, 6.07) is 10.2. The second-order valence-corrected chi connectivity index (χ2v) is 6.35. The number of rotatable bonds is 7. The quantitative estimate of drug-likeness (QED) is 0.535. The van der Waals surface area contributed by atoms with Crippen LogP contribution in [-0.2, 0) is 9.53 Å². The monoisotopic (exact) mass is 380 g/mol. The molecule has 0 spiro atoms. The third kappa shape index (κ3) is 4.95. The molecule has 5 nitrogen and oxygen atoms in total. The first-order chi connectivity index (χ1) is 12.2. The highest BCUT2D eigenvalue weighted by atomic mass is 35.5. The number of ketones is 1. The fraction of sp³-hybridized carbons (Fsp3) is 0.263. The second kappa shape index (κ2) is 8.19. The summed E-state index contributed by atoms with van der Waals surface area (Å²) in [5, 5.41) is 0.537. The Morgan fingerprint density at radius 1 is 1.12 bits per heavy atom. The second-order valence-electron chi connectivity index (χ2n) is 5.91. The normalized spacial score (nSPS) is 11.0. The summed E-state index contributed by atoms with van der Waals surface area (Å²) in [4.78, 5) is 24.3. The summed E-state index contributed by atoms with van der Waals surface area (Å²) >= 11 is 5.80. The highest BCUT2D eigenvalue weighted by molar-refractivity contribution is 6.30. The number of hydrogen-bond donors (Lipinski definition) is 0. The largest absolute Gasteiger partial charge is 0.494 e. The molecule has 0 heterocycles. The summed E-state index contributed by atoms with van der Waals surface area (Å²) < 4.78 is 29.1. The molecule has 2 rings (SSSR count). The smallest absolute Gasteiger partial charge is 0.350 e. The van der Waals surface area contributed by atoms with Crippen molar-refractivity contribution < 1.29 is 28.2 Å². The predicted octanol–water partition coefficient (Wildman–Crippen LogP) is 4.07. The highest BCUT2D eigenvalue weighted by Crippen LogP contribution is 2.22. The van der Waals surface area contributed by atoms with Crippen molar-refractivity contribution in [2.45, 2.75) is 19.4 Å². The van der Waals surface area contributed by atoms with E-state index in [9.17, 15) is 14.0 Å². The fourth-order valence-corrected chi connectivity index (χ4v) is 2.19. The Morgan fingerprint density at radius 2 is 1.77 bits per heavy atom. The van der Waals surface area contributed by atoms with Gasteiger partial charge in [0.15, 0.2) is 29.6 Å². The Labute approximate surface area is 155 Å². The summed E-state index contributed by atoms with van der Waals surface area (Å²) in [6.45, 7) is 2.50. The van der Waals surface area contributed by atoms with Crippen molar-refractivity contribution in [2.24, 2.45) is 0 Å². The first-order valence-corrected chi connectivity index (χ1v) is 8.09. The molecule has 0 N–H and O–H groups in total. The van der Waals surface area contributed by atoms with Crippen molar-refractivity contribution in [3.05, 3.63) is 58.9 Å². The molecular formula is C19H18ClFO5. The van der Waals surface area contributed by atoms with Crippen molar-refractivity contribution in [3.63, 3.8) is 0 Å². The van der Waals surface area contributed by atoms with Crippen LogP contribution in [0.25, 0.3) is 0 Å². The lowest BCUT2D eigenvalue weighted by molar-refractivity contribution is -0.158. The van der Waals surface area contributed by atoms with E-state index in [2.05, 4.69) is 0 Å². The first-order valence-electron chi connectivity index (χ1n) is 7.71. The van der Waals surface area contributed by atoms with Gasteiger partial charge in [-0.15, -0.1) is 0 Å². The van der Waals surface area contributed by atoms with Crippen molar-refractivity contribution in [2.75, 3.05) is 13.7 Å². The Bertz CT molecular complexity index is 802. The van der Waals surface area contributed by atoms with Crippen LogP contribution in [0.2, 0.25) is 5.02 Å². The number of hydrogen-bond acceptors (Lipinski definition) is 5. The number of carbonyl (C=O) groups is 2. The van der Waals surface area contributed by atoms with Crippen LogP contribution in [0.1, 0.15) is 24.2 Å². The summed E-state index contributed by atoms with van der Waals surface area (Å²) in [7, 11) is 1.32. The predicted molar refractivity (Wildman–Crippen MR) is 94.4 cm³/mol. The molecule has 7 heteroatoms. The molecule has 0 bridgehead atoms. The van der Waals surface area contributed by atoms with Crippen LogP contribution in [-0.4, -0.2) is 31.1 Å². The molecule has 0 aromatic heterocycles. The number of Topliss-reactive ketones (excluding diaryl/α,β-unsaturated/α-hetero) is 1. The number of benzene rings is 2. The van der Waals surface area contributed by atoms with E-state index in [0.29, 0.717) is 10.8 Å². The molecule has 0 aliphatic rings. The minimum absolute atomic E-state index is 0.0241. The molecule has 0 unspecified atom stereocenters. The van der Waals surface area contributed by atoms with E-state index in [4.69, 9.17) is 25.8 Å². The van der Waals surface area contributed by atoms with Gasteiger partial charge in [-0.2, -0.15) is 0 Å². The van der Waals surface area contributed by atoms with Gasteiger partial charge in [0.2, 0.25) is 0 Å². The van der Waals surface area contributed by atoms with Gasteiger partial charge >= 0.3 is 5.97 Å². The van der Waals surface area contributed by atoms with E-state index < -0.39 is 29.8 Å². The topological polar surface area (TPSA) is 61.8 Å². The first kappa shape index (κ1) is 19.7. The van der Waals surface area contributed by atoms with Gasteiger partial charge < -0.3 is 14.2 Å². The molecule has 0 amide bonds. The summed E-state index contributed by atoms with van der Waals surface area (Å²) in [5.74, 6) is -1.48. The van der Waals surface area contributed by atoms with Crippen LogP contribution in [0.15, 0.2) is 42.5 Å². The number of ether oxygens (including phenoxy) is 3. The maximum atomic E-state index is 13.7. The molecule has 0 aliphatic carbocycles. The summed E-state index contributed by atoms with van der Waals surface area (Å²) in [6.07, 6.45) is 0. The van der Waals surface area contributed by atoms with Gasteiger partial charge in [-0.1, -0.05) is 11.6 Å². The van der Waals surface area contributed by atoms with Gasteiger partial charge in [0, 0.05) is 10.6 Å². The van der Waals surface area contributed by atoms with E-state index >= 15 is 0 Å². The molecule has 0 fully saturated rings. The van der Waals surface area contributed by atoms with Crippen molar-refractivity contribution in [3.8, 4) is 11.5 Å². The van der Waals surface area contributed by atoms with Crippen molar-refractivity contribution in [1.29, 1.82) is 0 Å². The average Bonchev–Trinajstić information content (AvgIpc) is 2.61. The van der Waals surface area contributed by atoms with E-state index in [0.717, 1.165) is 6.07 Å². The molecule has 0 radical (unpaired) electrons. The van der Waals surface area contributed by atoms with E-state index in [1.54, 1.807) is 24.3 Å². The molecule has 2 aromatic carbocycles. The zero-order valence-corrected chi connectivity index (χ0v) is 15.3. The van der Waals surface area contributed by atoms with Crippen LogP contribution < -0.4 is 9.47 Å². The zero-order chi connectivity index (χ0) is 19.3. The number of carbonyl (C=O) groups excluding carboxylic acids is 2. The highest BCUT2D eigenvalue weighted by Gasteiger charge is 2.32. The lowest BCUT2D eigenvalue weighted by atomic mass is 10.1. The molecule has 2 aromatic rings. The Kier molecular flexibility index (Phi) is 6.21. The van der Waals surface area contributed by atoms with Gasteiger partial charge in [0.25, 0.3) is 0 Å². The number of methoxy groups -OCH3 is 1. The van der Waals surface area contributed by atoms with Crippen molar-refractivity contribution in [1.82, 2.24) is 0 Å². The zero-order valence-electron chi connectivity index (χ0n) is 14.5. The lowest BCUT2D eigenvalue weighted by Crippen LogP contribution is -2.40. The molecule has 0 aliphatic heterocycles. The van der Waals surface area contributed by atoms with Gasteiger partial charge in [-0.3, -0.25) is 4.79 Å². The van der Waals surface area contributed by atoms with Gasteiger partial charge in [0.1, 0.15) is 5.75 Å². The standard InChI is InChI=1S/C19H18ClFO5/c1-19(2,26-14-7-5-13(20)6-8-14)18(23)25-11-16(22)12-4-9-17(24-3)15(21)10-12/h4-10H,11H2,1-3H3. The van der Waals surface area contributed by atoms with Crippen LogP contribution in [0.5, 0.6) is 11.5 Å². The number of halogens is 2. The van der Waals surface area contributed by atoms with E-state index in [1.165, 1.54) is 33.1 Å². The molecule has 0 saturated carbocycles. The SMILES string of the molecule is COc1ccc(C(=O)COC(=O)C(C)(C)Oc2ccc(Cl)cc2)cc1F. The van der Waals surface area contributed by atoms with E-state index in [1.807, 2.05) is 0 Å². The average molecular weight is 381 g/mol. The van der Waals surface area contributed by atoms with E-state index in [-0.39, 0.29) is 11.3 Å². The minimum Gasteiger partial charge on any atom is -0.494 e. The molecule has 0 saturated heterocycles. The Hall–Kier alpha value is -2.60. The molecular weight excluding hydrogens is 363 g/mol. The Morgan fingerprint density at radius 3 is 2.35 bits per heavy atom. The number of esters is 1. The molecule has 138 valence electrons. The molecule has 0 atom stereocenters. The fourth-order valence-electron chi connectivity index (χ4n) is 2.07. The van der Waals surface area contributed by atoms with Crippen LogP contribution in [0, 0.1) is 5.82 Å².